The predicted molar refractivity (Wildman–Crippen MR) is 68.9 cm³/mol. The molecule has 2 aliphatic rings. The van der Waals surface area contributed by atoms with E-state index in [1.165, 1.54) is 24.2 Å². The summed E-state index contributed by atoms with van der Waals surface area (Å²) in [6, 6.07) is -0.581. The molecule has 0 bridgehead atoms. The summed E-state index contributed by atoms with van der Waals surface area (Å²) in [6.07, 6.45) is 4.86. The van der Waals surface area contributed by atoms with Crippen LogP contribution in [0.3, 0.4) is 0 Å². The van der Waals surface area contributed by atoms with Crippen LogP contribution in [-0.2, 0) is 9.53 Å². The van der Waals surface area contributed by atoms with Crippen LogP contribution in [0.15, 0.2) is 0 Å². The number of aliphatic carboxylic acids is 1. The zero-order valence-electron chi connectivity index (χ0n) is 11.3. The number of hydrogen-bond donors (Lipinski definition) is 2. The van der Waals surface area contributed by atoms with Gasteiger partial charge in [0.2, 0.25) is 0 Å². The Morgan fingerprint density at radius 1 is 1.37 bits per heavy atom. The number of carbonyl (C=O) groups excluding carboxylic acids is 1. The molecule has 2 rings (SSSR count). The molecule has 1 heterocycles. The van der Waals surface area contributed by atoms with Gasteiger partial charge in [0.05, 0.1) is 19.3 Å². The molecule has 0 spiro atoms. The molecule has 2 fully saturated rings. The first-order valence-corrected chi connectivity index (χ1v) is 6.91. The van der Waals surface area contributed by atoms with Crippen molar-refractivity contribution >= 4 is 12.0 Å². The second-order valence-corrected chi connectivity index (χ2v) is 5.48. The maximum Gasteiger partial charge on any atom is 0.317 e. The SMILES string of the molecule is CN(C(=O)NCCC1CCC1)C1COCC1C(=O)O. The van der Waals surface area contributed by atoms with Crippen LogP contribution in [0.25, 0.3) is 0 Å². The molecule has 6 nitrogen and oxygen atoms in total. The minimum absolute atomic E-state index is 0.180. The fraction of sp³-hybridized carbons (Fsp3) is 0.846. The summed E-state index contributed by atoms with van der Waals surface area (Å²) in [5, 5.41) is 11.9. The first kappa shape index (κ1) is 14.1. The molecule has 1 aliphatic carbocycles. The number of carboxylic acids is 1. The Morgan fingerprint density at radius 2 is 2.11 bits per heavy atom. The molecular weight excluding hydrogens is 248 g/mol. The Bertz CT molecular complexity index is 344. The minimum atomic E-state index is -0.906. The van der Waals surface area contributed by atoms with E-state index in [2.05, 4.69) is 5.32 Å². The molecule has 0 radical (unpaired) electrons. The van der Waals surface area contributed by atoms with Crippen molar-refractivity contribution in [3.63, 3.8) is 0 Å². The zero-order valence-corrected chi connectivity index (χ0v) is 11.3. The molecule has 2 unspecified atom stereocenters. The number of urea groups is 1. The van der Waals surface area contributed by atoms with Gasteiger partial charge in [-0.2, -0.15) is 0 Å². The first-order chi connectivity index (χ1) is 9.09. The van der Waals surface area contributed by atoms with Crippen molar-refractivity contribution in [1.29, 1.82) is 0 Å². The number of amides is 2. The lowest BCUT2D eigenvalue weighted by Crippen LogP contribution is -2.48. The van der Waals surface area contributed by atoms with Gasteiger partial charge >= 0.3 is 12.0 Å². The first-order valence-electron chi connectivity index (χ1n) is 6.91. The summed E-state index contributed by atoms with van der Waals surface area (Å²) in [6.45, 7) is 1.14. The number of hydrogen-bond acceptors (Lipinski definition) is 3. The monoisotopic (exact) mass is 270 g/mol. The van der Waals surface area contributed by atoms with E-state index in [1.54, 1.807) is 7.05 Å². The number of nitrogens with zero attached hydrogens (tertiary/aromatic N) is 1. The Kier molecular flexibility index (Phi) is 4.63. The van der Waals surface area contributed by atoms with Crippen molar-refractivity contribution in [2.24, 2.45) is 11.8 Å². The average Bonchev–Trinajstić information content (AvgIpc) is 2.80. The molecule has 1 saturated carbocycles. The van der Waals surface area contributed by atoms with Crippen molar-refractivity contribution < 1.29 is 19.4 Å². The van der Waals surface area contributed by atoms with Crippen LogP contribution in [0.2, 0.25) is 0 Å². The second-order valence-electron chi connectivity index (χ2n) is 5.48. The van der Waals surface area contributed by atoms with Gasteiger partial charge in [-0.05, 0) is 12.3 Å². The molecule has 6 heteroatoms. The van der Waals surface area contributed by atoms with E-state index in [4.69, 9.17) is 9.84 Å². The standard InChI is InChI=1S/C13H22N2O4/c1-15(11-8-19-7-10(11)12(16)17)13(18)14-6-5-9-3-2-4-9/h9-11H,2-8H2,1H3,(H,14,18)(H,16,17). The van der Waals surface area contributed by atoms with Crippen molar-refractivity contribution in [1.82, 2.24) is 10.2 Å². The van der Waals surface area contributed by atoms with Gasteiger partial charge in [-0.1, -0.05) is 19.3 Å². The summed E-state index contributed by atoms with van der Waals surface area (Å²) in [7, 11) is 1.63. The molecule has 108 valence electrons. The fourth-order valence-electron chi connectivity index (χ4n) is 2.60. The summed E-state index contributed by atoms with van der Waals surface area (Å²) in [5.41, 5.74) is 0. The van der Waals surface area contributed by atoms with Crippen LogP contribution in [-0.4, -0.2) is 54.9 Å². The van der Waals surface area contributed by atoms with E-state index >= 15 is 0 Å². The van der Waals surface area contributed by atoms with Gasteiger partial charge in [0, 0.05) is 13.6 Å². The topological polar surface area (TPSA) is 78.9 Å². The summed E-state index contributed by atoms with van der Waals surface area (Å²) in [4.78, 5) is 24.5. The third-order valence-corrected chi connectivity index (χ3v) is 4.24. The highest BCUT2D eigenvalue weighted by molar-refractivity contribution is 5.77. The average molecular weight is 270 g/mol. The highest BCUT2D eigenvalue weighted by Gasteiger charge is 2.38. The highest BCUT2D eigenvalue weighted by Crippen LogP contribution is 2.28. The van der Waals surface area contributed by atoms with Crippen molar-refractivity contribution in [3.05, 3.63) is 0 Å². The van der Waals surface area contributed by atoms with Gasteiger partial charge < -0.3 is 20.1 Å². The second kappa shape index (κ2) is 6.23. The minimum Gasteiger partial charge on any atom is -0.481 e. The lowest BCUT2D eigenvalue weighted by molar-refractivity contribution is -0.142. The Balaban J connectivity index is 1.75. The van der Waals surface area contributed by atoms with E-state index in [9.17, 15) is 9.59 Å². The summed E-state index contributed by atoms with van der Waals surface area (Å²) >= 11 is 0. The maximum absolute atomic E-state index is 12.0. The number of nitrogens with one attached hydrogen (secondary N) is 1. The number of ether oxygens (including phenoxy) is 1. The molecule has 2 amide bonds. The van der Waals surface area contributed by atoms with Gasteiger partial charge in [0.15, 0.2) is 0 Å². The van der Waals surface area contributed by atoms with E-state index in [-0.39, 0.29) is 18.7 Å². The van der Waals surface area contributed by atoms with Gasteiger partial charge in [0.1, 0.15) is 5.92 Å². The van der Waals surface area contributed by atoms with Crippen LogP contribution >= 0.6 is 0 Å². The van der Waals surface area contributed by atoms with E-state index < -0.39 is 11.9 Å². The van der Waals surface area contributed by atoms with Crippen LogP contribution in [0, 0.1) is 11.8 Å². The highest BCUT2D eigenvalue weighted by atomic mass is 16.5. The molecule has 0 aromatic heterocycles. The zero-order chi connectivity index (χ0) is 13.8. The molecular formula is C13H22N2O4. The number of rotatable bonds is 5. The van der Waals surface area contributed by atoms with Gasteiger partial charge in [-0.3, -0.25) is 4.79 Å². The van der Waals surface area contributed by atoms with Gasteiger partial charge in [0.25, 0.3) is 0 Å². The number of carbonyl (C=O) groups is 2. The molecule has 2 atom stereocenters. The maximum atomic E-state index is 12.0. The van der Waals surface area contributed by atoms with Gasteiger partial charge in [-0.25, -0.2) is 4.79 Å². The lowest BCUT2D eigenvalue weighted by Gasteiger charge is -2.28. The van der Waals surface area contributed by atoms with Crippen molar-refractivity contribution in [3.8, 4) is 0 Å². The molecule has 1 aliphatic heterocycles. The quantitative estimate of drug-likeness (QED) is 0.778. The Labute approximate surface area is 113 Å². The molecule has 0 aromatic rings. The van der Waals surface area contributed by atoms with Crippen molar-refractivity contribution in [2.75, 3.05) is 26.8 Å². The van der Waals surface area contributed by atoms with E-state index in [0.717, 1.165) is 12.3 Å². The van der Waals surface area contributed by atoms with E-state index in [0.29, 0.717) is 13.2 Å². The molecule has 2 N–H and O–H groups in total. The van der Waals surface area contributed by atoms with Crippen LogP contribution in [0.1, 0.15) is 25.7 Å². The van der Waals surface area contributed by atoms with Crippen molar-refractivity contribution in [2.45, 2.75) is 31.7 Å². The van der Waals surface area contributed by atoms with E-state index in [1.807, 2.05) is 0 Å². The van der Waals surface area contributed by atoms with Crippen LogP contribution < -0.4 is 5.32 Å². The largest absolute Gasteiger partial charge is 0.481 e. The Morgan fingerprint density at radius 3 is 2.68 bits per heavy atom. The fourth-order valence-corrected chi connectivity index (χ4v) is 2.60. The number of likely N-dealkylation sites (N-methyl/N-ethyl adjacent to an activating group) is 1. The molecule has 19 heavy (non-hydrogen) atoms. The summed E-state index contributed by atoms with van der Waals surface area (Å²) < 4.78 is 5.17. The third-order valence-electron chi connectivity index (χ3n) is 4.24. The molecule has 1 saturated heterocycles. The third kappa shape index (κ3) is 3.37. The lowest BCUT2D eigenvalue weighted by atomic mass is 9.83. The van der Waals surface area contributed by atoms with Crippen LogP contribution in [0.4, 0.5) is 4.79 Å². The summed E-state index contributed by atoms with van der Waals surface area (Å²) in [5.74, 6) is -0.772. The van der Waals surface area contributed by atoms with Gasteiger partial charge in [-0.15, -0.1) is 0 Å². The van der Waals surface area contributed by atoms with Crippen LogP contribution in [0.5, 0.6) is 0 Å². The Hall–Kier alpha value is -1.30. The normalized spacial score (nSPS) is 26.8. The predicted octanol–water partition coefficient (Wildman–Crippen LogP) is 0.918. The molecule has 0 aromatic carbocycles. The number of carboxylic acid groups (broad SMARTS) is 1. The smallest absolute Gasteiger partial charge is 0.317 e.